The summed E-state index contributed by atoms with van der Waals surface area (Å²) in [7, 11) is 0. The lowest BCUT2D eigenvalue weighted by molar-refractivity contribution is 0.229. The van der Waals surface area contributed by atoms with Crippen LogP contribution >= 0.6 is 0 Å². The van der Waals surface area contributed by atoms with Crippen molar-refractivity contribution in [2.45, 2.75) is 18.5 Å². The molecule has 0 unspecified atom stereocenters. The highest BCUT2D eigenvalue weighted by molar-refractivity contribution is 5.91. The first-order chi connectivity index (χ1) is 10.8. The lowest BCUT2D eigenvalue weighted by Gasteiger charge is -2.27. The predicted octanol–water partition coefficient (Wildman–Crippen LogP) is 4.25. The number of piperidine rings is 1. The van der Waals surface area contributed by atoms with Gasteiger partial charge in [0.2, 0.25) is 0 Å². The van der Waals surface area contributed by atoms with Crippen LogP contribution in [0.3, 0.4) is 0 Å². The average molecular weight is 294 g/mol. The molecule has 3 heteroatoms. The van der Waals surface area contributed by atoms with Crippen LogP contribution in [0.15, 0.2) is 54.6 Å². The summed E-state index contributed by atoms with van der Waals surface area (Å²) in [6.45, 7) is 1.46. The molecule has 0 aliphatic carbocycles. The van der Waals surface area contributed by atoms with Gasteiger partial charge in [-0.3, -0.25) is 0 Å². The van der Waals surface area contributed by atoms with Crippen molar-refractivity contribution in [2.24, 2.45) is 0 Å². The van der Waals surface area contributed by atoms with Gasteiger partial charge in [0.1, 0.15) is 6.17 Å². The lowest BCUT2D eigenvalue weighted by atomic mass is 9.86. The van der Waals surface area contributed by atoms with E-state index in [9.17, 15) is 4.39 Å². The number of H-pyrrole nitrogens is 1. The Hall–Kier alpha value is -2.13. The van der Waals surface area contributed by atoms with E-state index in [1.807, 2.05) is 30.3 Å². The molecule has 1 aromatic heterocycles. The monoisotopic (exact) mass is 294 g/mol. The van der Waals surface area contributed by atoms with Crippen LogP contribution in [0.25, 0.3) is 22.2 Å². The topological polar surface area (TPSA) is 27.8 Å². The lowest BCUT2D eigenvalue weighted by Crippen LogP contribution is -2.36. The first-order valence-corrected chi connectivity index (χ1v) is 7.85. The van der Waals surface area contributed by atoms with Crippen molar-refractivity contribution in [1.82, 2.24) is 10.3 Å². The van der Waals surface area contributed by atoms with Crippen LogP contribution < -0.4 is 5.32 Å². The van der Waals surface area contributed by atoms with E-state index in [1.165, 1.54) is 0 Å². The second-order valence-corrected chi connectivity index (χ2v) is 5.94. The van der Waals surface area contributed by atoms with Crippen LogP contribution in [0.4, 0.5) is 4.39 Å². The Labute approximate surface area is 129 Å². The number of rotatable bonds is 2. The van der Waals surface area contributed by atoms with E-state index in [1.54, 1.807) is 0 Å². The van der Waals surface area contributed by atoms with Gasteiger partial charge in [0.15, 0.2) is 0 Å². The van der Waals surface area contributed by atoms with Crippen molar-refractivity contribution in [3.8, 4) is 11.3 Å². The van der Waals surface area contributed by atoms with Crippen LogP contribution in [-0.2, 0) is 0 Å². The molecule has 2 aromatic carbocycles. The van der Waals surface area contributed by atoms with E-state index in [-0.39, 0.29) is 5.92 Å². The van der Waals surface area contributed by atoms with Crippen LogP contribution in [0.2, 0.25) is 0 Å². The van der Waals surface area contributed by atoms with Crippen LogP contribution in [0.1, 0.15) is 17.9 Å². The SMILES string of the molecule is F[C@H]1CCNC[C@@H]1c1c(-c2ccccc2)[nH]c2ccccc12. The van der Waals surface area contributed by atoms with Gasteiger partial charge in [-0.25, -0.2) is 4.39 Å². The number of halogens is 1. The smallest absolute Gasteiger partial charge is 0.109 e. The number of aromatic nitrogens is 1. The van der Waals surface area contributed by atoms with Crippen LogP contribution in [0.5, 0.6) is 0 Å². The molecule has 112 valence electrons. The minimum atomic E-state index is -0.789. The minimum Gasteiger partial charge on any atom is -0.354 e. The summed E-state index contributed by atoms with van der Waals surface area (Å²) in [5.74, 6) is -0.0971. The standard InChI is InChI=1S/C19H19FN2/c20-16-10-11-21-12-15(16)18-14-8-4-5-9-17(14)22-19(18)13-6-2-1-3-7-13/h1-9,15-16,21-22H,10-12H2/t15-,16-/m0/s1. The molecule has 2 N–H and O–H groups in total. The molecule has 22 heavy (non-hydrogen) atoms. The number of aromatic amines is 1. The van der Waals surface area contributed by atoms with E-state index in [2.05, 4.69) is 34.6 Å². The van der Waals surface area contributed by atoms with Gasteiger partial charge in [-0.15, -0.1) is 0 Å². The second kappa shape index (κ2) is 5.58. The highest BCUT2D eigenvalue weighted by Gasteiger charge is 2.30. The van der Waals surface area contributed by atoms with Gasteiger partial charge in [-0.2, -0.15) is 0 Å². The quantitative estimate of drug-likeness (QED) is 0.726. The van der Waals surface area contributed by atoms with E-state index in [4.69, 9.17) is 0 Å². The van der Waals surface area contributed by atoms with Gasteiger partial charge in [0.25, 0.3) is 0 Å². The molecule has 1 saturated heterocycles. The minimum absolute atomic E-state index is 0.0971. The molecule has 1 aliphatic heterocycles. The Morgan fingerprint density at radius 1 is 0.955 bits per heavy atom. The summed E-state index contributed by atoms with van der Waals surface area (Å²) in [5.41, 5.74) is 4.36. The summed E-state index contributed by atoms with van der Waals surface area (Å²) < 4.78 is 14.6. The van der Waals surface area contributed by atoms with Crippen molar-refractivity contribution in [3.63, 3.8) is 0 Å². The summed E-state index contributed by atoms with van der Waals surface area (Å²) in [6, 6.07) is 18.4. The average Bonchev–Trinajstić information content (AvgIpc) is 2.95. The fourth-order valence-electron chi connectivity index (χ4n) is 3.49. The molecule has 2 nitrogen and oxygen atoms in total. The summed E-state index contributed by atoms with van der Waals surface area (Å²) in [5, 5.41) is 4.48. The molecule has 0 spiro atoms. The van der Waals surface area contributed by atoms with Crippen LogP contribution in [-0.4, -0.2) is 24.2 Å². The van der Waals surface area contributed by atoms with Gasteiger partial charge in [0, 0.05) is 23.4 Å². The molecule has 0 saturated carbocycles. The predicted molar refractivity (Wildman–Crippen MR) is 88.9 cm³/mol. The Morgan fingerprint density at radius 3 is 2.55 bits per heavy atom. The number of alkyl halides is 1. The molecule has 4 rings (SSSR count). The van der Waals surface area contributed by atoms with Crippen molar-refractivity contribution in [2.75, 3.05) is 13.1 Å². The highest BCUT2D eigenvalue weighted by Crippen LogP contribution is 2.39. The molecule has 1 fully saturated rings. The molecular weight excluding hydrogens is 275 g/mol. The van der Waals surface area contributed by atoms with E-state index < -0.39 is 6.17 Å². The zero-order valence-electron chi connectivity index (χ0n) is 12.4. The molecule has 0 bridgehead atoms. The van der Waals surface area contributed by atoms with Gasteiger partial charge in [0.05, 0.1) is 5.69 Å². The van der Waals surface area contributed by atoms with E-state index in [0.717, 1.165) is 34.3 Å². The van der Waals surface area contributed by atoms with E-state index >= 15 is 0 Å². The zero-order chi connectivity index (χ0) is 14.9. The summed E-state index contributed by atoms with van der Waals surface area (Å²) >= 11 is 0. The third-order valence-corrected chi connectivity index (χ3v) is 4.58. The Morgan fingerprint density at radius 2 is 1.73 bits per heavy atom. The largest absolute Gasteiger partial charge is 0.354 e. The number of para-hydroxylation sites is 1. The number of hydrogen-bond donors (Lipinski definition) is 2. The normalized spacial score (nSPS) is 22.0. The van der Waals surface area contributed by atoms with E-state index in [0.29, 0.717) is 13.0 Å². The van der Waals surface area contributed by atoms with Gasteiger partial charge >= 0.3 is 0 Å². The zero-order valence-corrected chi connectivity index (χ0v) is 12.4. The molecule has 0 amide bonds. The fraction of sp³-hybridized carbons (Fsp3) is 0.263. The van der Waals surface area contributed by atoms with Gasteiger partial charge < -0.3 is 10.3 Å². The van der Waals surface area contributed by atoms with Crippen molar-refractivity contribution < 1.29 is 4.39 Å². The van der Waals surface area contributed by atoms with Crippen molar-refractivity contribution >= 4 is 10.9 Å². The molecule has 2 atom stereocenters. The summed E-state index contributed by atoms with van der Waals surface area (Å²) in [4.78, 5) is 3.50. The van der Waals surface area contributed by atoms with Crippen molar-refractivity contribution in [1.29, 1.82) is 0 Å². The molecular formula is C19H19FN2. The van der Waals surface area contributed by atoms with Gasteiger partial charge in [-0.05, 0) is 30.2 Å². The molecule has 0 radical (unpaired) electrons. The van der Waals surface area contributed by atoms with Crippen molar-refractivity contribution in [3.05, 3.63) is 60.2 Å². The summed E-state index contributed by atoms with van der Waals surface area (Å²) in [6.07, 6.45) is -0.207. The maximum atomic E-state index is 14.6. The molecule has 2 heterocycles. The third kappa shape index (κ3) is 2.22. The van der Waals surface area contributed by atoms with Crippen LogP contribution in [0, 0.1) is 0 Å². The number of fused-ring (bicyclic) bond motifs is 1. The van der Waals surface area contributed by atoms with Gasteiger partial charge in [-0.1, -0.05) is 48.5 Å². The number of hydrogen-bond acceptors (Lipinski definition) is 1. The number of benzene rings is 2. The molecule has 1 aliphatic rings. The molecule has 3 aromatic rings. The Kier molecular flexibility index (Phi) is 3.43. The maximum Gasteiger partial charge on any atom is 0.109 e. The third-order valence-electron chi connectivity index (χ3n) is 4.58. The Bertz CT molecular complexity index is 778. The second-order valence-electron chi connectivity index (χ2n) is 5.94. The maximum absolute atomic E-state index is 14.6. The fourth-order valence-corrected chi connectivity index (χ4v) is 3.49. The highest BCUT2D eigenvalue weighted by atomic mass is 19.1. The number of nitrogens with one attached hydrogen (secondary N) is 2. The first-order valence-electron chi connectivity index (χ1n) is 7.85. The Balaban J connectivity index is 1.94. The first kappa shape index (κ1) is 13.5.